The molecule has 0 atom stereocenters. The van der Waals surface area contributed by atoms with Crippen LogP contribution in [0.25, 0.3) is 21.1 Å². The van der Waals surface area contributed by atoms with Crippen LogP contribution in [0.2, 0.25) is 0 Å². The van der Waals surface area contributed by atoms with Crippen molar-refractivity contribution in [3.05, 3.63) is 34.7 Å². The van der Waals surface area contributed by atoms with Crippen LogP contribution in [0.5, 0.6) is 0 Å². The van der Waals surface area contributed by atoms with Gasteiger partial charge in [0.1, 0.15) is 4.83 Å². The third-order valence-electron chi connectivity index (χ3n) is 2.67. The van der Waals surface area contributed by atoms with Crippen molar-refractivity contribution in [2.24, 2.45) is 0 Å². The number of hydrogen-bond donors (Lipinski definition) is 1. The molecule has 1 N–H and O–H groups in total. The van der Waals surface area contributed by atoms with Gasteiger partial charge in [0.05, 0.1) is 0 Å². The molecule has 0 radical (unpaired) electrons. The molecule has 0 unspecified atom stereocenters. The van der Waals surface area contributed by atoms with Gasteiger partial charge in [0.2, 0.25) is 0 Å². The van der Waals surface area contributed by atoms with Crippen molar-refractivity contribution in [3.8, 4) is 0 Å². The molecular weight excluding hydrogens is 190 g/mol. The van der Waals surface area contributed by atoms with Gasteiger partial charge in [0.25, 0.3) is 0 Å². The first kappa shape index (κ1) is 8.06. The second-order valence-corrected chi connectivity index (χ2v) is 4.68. The quantitative estimate of drug-likeness (QED) is 0.566. The van der Waals surface area contributed by atoms with Gasteiger partial charge in [-0.15, -0.1) is 11.3 Å². The molecule has 0 aliphatic carbocycles. The van der Waals surface area contributed by atoms with Gasteiger partial charge in [0, 0.05) is 16.3 Å². The molecule has 0 amide bonds. The predicted molar refractivity (Wildman–Crippen MR) is 63.2 cm³/mol. The molecule has 1 nitrogen and oxygen atoms in total. The van der Waals surface area contributed by atoms with Crippen molar-refractivity contribution < 1.29 is 0 Å². The highest BCUT2D eigenvalue weighted by molar-refractivity contribution is 7.17. The molecule has 0 spiro atoms. The van der Waals surface area contributed by atoms with E-state index in [1.807, 2.05) is 0 Å². The van der Waals surface area contributed by atoms with Gasteiger partial charge < -0.3 is 4.98 Å². The Morgan fingerprint density at radius 3 is 2.93 bits per heavy atom. The maximum atomic E-state index is 3.44. The molecule has 0 bridgehead atoms. The van der Waals surface area contributed by atoms with E-state index in [9.17, 15) is 0 Å². The molecule has 0 saturated carbocycles. The summed E-state index contributed by atoms with van der Waals surface area (Å²) in [6.45, 7) is 4.31. The molecule has 0 aliphatic heterocycles. The van der Waals surface area contributed by atoms with Gasteiger partial charge in [-0.05, 0) is 36.9 Å². The molecule has 2 aromatic heterocycles. The number of thiophene rings is 1. The van der Waals surface area contributed by atoms with Crippen molar-refractivity contribution in [1.29, 1.82) is 0 Å². The summed E-state index contributed by atoms with van der Waals surface area (Å²) in [5.74, 6) is 0. The lowest BCUT2D eigenvalue weighted by atomic mass is 10.1. The monoisotopic (exact) mass is 201 g/mol. The van der Waals surface area contributed by atoms with E-state index < -0.39 is 0 Å². The minimum Gasteiger partial charge on any atom is -0.346 e. The van der Waals surface area contributed by atoms with Gasteiger partial charge in [-0.3, -0.25) is 0 Å². The number of aromatic amines is 1. The number of hydrogen-bond acceptors (Lipinski definition) is 1. The number of aryl methyl sites for hydroxylation is 2. The fraction of sp³-hybridized carbons (Fsp3) is 0.167. The zero-order valence-electron chi connectivity index (χ0n) is 8.22. The topological polar surface area (TPSA) is 15.8 Å². The highest BCUT2D eigenvalue weighted by Crippen LogP contribution is 2.32. The Kier molecular flexibility index (Phi) is 1.50. The average Bonchev–Trinajstić information content (AvgIpc) is 2.67. The van der Waals surface area contributed by atoms with Gasteiger partial charge in [-0.2, -0.15) is 0 Å². The molecule has 2 heteroatoms. The molecule has 0 fully saturated rings. The molecule has 2 heterocycles. The summed E-state index contributed by atoms with van der Waals surface area (Å²) in [4.78, 5) is 4.74. The Bertz CT molecular complexity index is 616. The van der Waals surface area contributed by atoms with E-state index in [1.54, 1.807) is 11.3 Å². The maximum absolute atomic E-state index is 3.44. The number of H-pyrrole nitrogens is 1. The van der Waals surface area contributed by atoms with E-state index in [4.69, 9.17) is 0 Å². The molecule has 3 aromatic rings. The van der Waals surface area contributed by atoms with Crippen molar-refractivity contribution in [3.63, 3.8) is 0 Å². The summed E-state index contributed by atoms with van der Waals surface area (Å²) in [5.41, 5.74) is 3.95. The molecule has 0 aliphatic rings. The first-order chi connectivity index (χ1) is 6.75. The molecule has 1 aromatic carbocycles. The average molecular weight is 201 g/mol. The van der Waals surface area contributed by atoms with Crippen molar-refractivity contribution in [2.45, 2.75) is 13.8 Å². The SMILES string of the molecule is Cc1ccc2[nH]c3scc(C)c3c2c1. The van der Waals surface area contributed by atoms with Crippen LogP contribution in [0.15, 0.2) is 23.6 Å². The van der Waals surface area contributed by atoms with E-state index in [0.717, 1.165) is 0 Å². The lowest BCUT2D eigenvalue weighted by Crippen LogP contribution is -1.72. The molecular formula is C12H11NS. The number of aromatic nitrogens is 1. The summed E-state index contributed by atoms with van der Waals surface area (Å²) in [5, 5.41) is 4.97. The largest absolute Gasteiger partial charge is 0.346 e. The molecule has 3 rings (SSSR count). The van der Waals surface area contributed by atoms with Crippen LogP contribution in [0, 0.1) is 13.8 Å². The highest BCUT2D eigenvalue weighted by atomic mass is 32.1. The van der Waals surface area contributed by atoms with Crippen LogP contribution in [0.1, 0.15) is 11.1 Å². The minimum atomic E-state index is 1.25. The Balaban J connectivity index is 2.61. The van der Waals surface area contributed by atoms with E-state index >= 15 is 0 Å². The Hall–Kier alpha value is -1.28. The molecule has 14 heavy (non-hydrogen) atoms. The lowest BCUT2D eigenvalue weighted by Gasteiger charge is -1.93. The number of fused-ring (bicyclic) bond motifs is 3. The first-order valence-electron chi connectivity index (χ1n) is 4.72. The summed E-state index contributed by atoms with van der Waals surface area (Å²) in [6, 6.07) is 6.57. The second kappa shape index (κ2) is 2.61. The Labute approximate surface area is 86.4 Å². The van der Waals surface area contributed by atoms with Crippen LogP contribution >= 0.6 is 11.3 Å². The Morgan fingerprint density at radius 2 is 2.07 bits per heavy atom. The van der Waals surface area contributed by atoms with Gasteiger partial charge in [-0.1, -0.05) is 11.6 Å². The molecule has 70 valence electrons. The standard InChI is InChI=1S/C12H11NS/c1-7-3-4-10-9(5-7)11-8(2)6-14-12(11)13-10/h3-6,13H,1-2H3. The zero-order valence-corrected chi connectivity index (χ0v) is 9.03. The van der Waals surface area contributed by atoms with Crippen LogP contribution in [0.4, 0.5) is 0 Å². The summed E-state index contributed by atoms with van der Waals surface area (Å²) in [7, 11) is 0. The van der Waals surface area contributed by atoms with Crippen molar-refractivity contribution in [2.75, 3.05) is 0 Å². The number of nitrogens with one attached hydrogen (secondary N) is 1. The van der Waals surface area contributed by atoms with E-state index in [2.05, 4.69) is 42.4 Å². The Morgan fingerprint density at radius 1 is 1.21 bits per heavy atom. The molecule has 0 saturated heterocycles. The first-order valence-corrected chi connectivity index (χ1v) is 5.60. The normalized spacial score (nSPS) is 11.6. The summed E-state index contributed by atoms with van der Waals surface area (Å²) < 4.78 is 0. The van der Waals surface area contributed by atoms with Crippen LogP contribution in [-0.4, -0.2) is 4.98 Å². The maximum Gasteiger partial charge on any atom is 0.101 e. The van der Waals surface area contributed by atoms with Gasteiger partial charge in [-0.25, -0.2) is 0 Å². The fourth-order valence-corrected chi connectivity index (χ4v) is 2.94. The lowest BCUT2D eigenvalue weighted by molar-refractivity contribution is 1.49. The second-order valence-electron chi connectivity index (χ2n) is 3.80. The van der Waals surface area contributed by atoms with Crippen LogP contribution in [-0.2, 0) is 0 Å². The van der Waals surface area contributed by atoms with Gasteiger partial charge in [0.15, 0.2) is 0 Å². The predicted octanol–water partition coefficient (Wildman–Crippen LogP) is 4.00. The number of benzene rings is 1. The van der Waals surface area contributed by atoms with Crippen molar-refractivity contribution in [1.82, 2.24) is 4.98 Å². The highest BCUT2D eigenvalue weighted by Gasteiger charge is 2.07. The van der Waals surface area contributed by atoms with Crippen LogP contribution in [0.3, 0.4) is 0 Å². The number of rotatable bonds is 0. The van der Waals surface area contributed by atoms with Crippen LogP contribution < -0.4 is 0 Å². The summed E-state index contributed by atoms with van der Waals surface area (Å²) in [6.07, 6.45) is 0. The van der Waals surface area contributed by atoms with E-state index in [0.29, 0.717) is 0 Å². The van der Waals surface area contributed by atoms with Gasteiger partial charge >= 0.3 is 0 Å². The van der Waals surface area contributed by atoms with E-state index in [1.165, 1.54) is 32.2 Å². The smallest absolute Gasteiger partial charge is 0.101 e. The zero-order chi connectivity index (χ0) is 9.71. The van der Waals surface area contributed by atoms with E-state index in [-0.39, 0.29) is 0 Å². The minimum absolute atomic E-state index is 1.25. The summed E-state index contributed by atoms with van der Waals surface area (Å²) >= 11 is 1.79. The fourth-order valence-electron chi connectivity index (χ4n) is 1.97. The third kappa shape index (κ3) is 0.946. The third-order valence-corrected chi connectivity index (χ3v) is 3.68. The van der Waals surface area contributed by atoms with Crippen molar-refractivity contribution >= 4 is 32.5 Å².